The first-order chi connectivity index (χ1) is 15.7. The van der Waals surface area contributed by atoms with Gasteiger partial charge in [-0.2, -0.15) is 0 Å². The Morgan fingerprint density at radius 3 is 2.58 bits per heavy atom. The van der Waals surface area contributed by atoms with E-state index in [-0.39, 0.29) is 22.2 Å². The Balaban J connectivity index is 2.17. The van der Waals surface area contributed by atoms with E-state index in [0.717, 1.165) is 31.5 Å². The van der Waals surface area contributed by atoms with Crippen LogP contribution in [0.4, 0.5) is 0 Å². The minimum absolute atomic E-state index is 0.0897. The maximum absolute atomic E-state index is 13.0. The molecule has 0 saturated carbocycles. The van der Waals surface area contributed by atoms with Crippen molar-refractivity contribution in [3.05, 3.63) is 40.1 Å². The van der Waals surface area contributed by atoms with Gasteiger partial charge in [0.2, 0.25) is 10.0 Å². The molecule has 0 saturated heterocycles. The number of nitrogens with zero attached hydrogens (tertiary/aromatic N) is 3. The molecule has 10 heteroatoms. The Kier molecular flexibility index (Phi) is 7.91. The van der Waals surface area contributed by atoms with E-state index in [2.05, 4.69) is 23.9 Å². The summed E-state index contributed by atoms with van der Waals surface area (Å²) in [5, 5.41) is 10.0. The van der Waals surface area contributed by atoms with Crippen molar-refractivity contribution in [3.8, 4) is 17.1 Å². The van der Waals surface area contributed by atoms with Crippen LogP contribution in [0.5, 0.6) is 5.75 Å². The Bertz CT molecular complexity index is 1280. The molecule has 0 amide bonds. The second-order valence-electron chi connectivity index (χ2n) is 8.21. The predicted octanol–water partition coefficient (Wildman–Crippen LogP) is 3.90. The van der Waals surface area contributed by atoms with Gasteiger partial charge in [0.05, 0.1) is 22.8 Å². The minimum atomic E-state index is -3.95. The van der Waals surface area contributed by atoms with Crippen LogP contribution in [-0.4, -0.2) is 34.6 Å². The SMILES string of the molecule is CCCCCCC(CC)c1nc(C)c2c(=O)[nH]c(-c3cc(S(N)(=O)=O)ccc3OCC)nn12. The number of benzene rings is 1. The fourth-order valence-corrected chi connectivity index (χ4v) is 4.60. The van der Waals surface area contributed by atoms with Gasteiger partial charge in [0.15, 0.2) is 11.3 Å². The number of hydrogen-bond acceptors (Lipinski definition) is 6. The molecular formula is C23H33N5O4S. The van der Waals surface area contributed by atoms with Crippen molar-refractivity contribution in [2.24, 2.45) is 5.14 Å². The summed E-state index contributed by atoms with van der Waals surface area (Å²) >= 11 is 0. The highest BCUT2D eigenvalue weighted by Crippen LogP contribution is 2.31. The normalized spacial score (nSPS) is 12.9. The molecule has 2 aromatic heterocycles. The largest absolute Gasteiger partial charge is 0.493 e. The summed E-state index contributed by atoms with van der Waals surface area (Å²) in [4.78, 5) is 20.4. The molecule has 0 spiro atoms. The lowest BCUT2D eigenvalue weighted by Crippen LogP contribution is -2.17. The number of nitrogens with two attached hydrogens (primary N) is 1. The number of primary sulfonamides is 1. The average molecular weight is 476 g/mol. The lowest BCUT2D eigenvalue weighted by Gasteiger charge is -2.14. The number of imidazole rings is 1. The van der Waals surface area contributed by atoms with Crippen molar-refractivity contribution in [1.82, 2.24) is 19.6 Å². The molecule has 3 N–H and O–H groups in total. The van der Waals surface area contributed by atoms with Crippen LogP contribution in [0.25, 0.3) is 16.9 Å². The molecule has 0 bridgehead atoms. The number of aromatic nitrogens is 4. The van der Waals surface area contributed by atoms with Gasteiger partial charge in [-0.15, -0.1) is 5.10 Å². The number of aromatic amines is 1. The molecule has 1 unspecified atom stereocenters. The van der Waals surface area contributed by atoms with Gasteiger partial charge in [0.1, 0.15) is 11.6 Å². The van der Waals surface area contributed by atoms with E-state index in [1.165, 1.54) is 31.0 Å². The molecule has 0 aliphatic carbocycles. The van der Waals surface area contributed by atoms with E-state index < -0.39 is 10.0 Å². The molecule has 0 aliphatic rings. The van der Waals surface area contributed by atoms with Gasteiger partial charge < -0.3 is 9.72 Å². The Hall–Kier alpha value is -2.72. The Morgan fingerprint density at radius 1 is 1.18 bits per heavy atom. The maximum atomic E-state index is 13.0. The van der Waals surface area contributed by atoms with Crippen LogP contribution >= 0.6 is 0 Å². The summed E-state index contributed by atoms with van der Waals surface area (Å²) in [5.41, 5.74) is 0.998. The van der Waals surface area contributed by atoms with Crippen LogP contribution in [-0.2, 0) is 10.0 Å². The van der Waals surface area contributed by atoms with Crippen LogP contribution in [0.3, 0.4) is 0 Å². The second-order valence-corrected chi connectivity index (χ2v) is 9.77. The summed E-state index contributed by atoms with van der Waals surface area (Å²) < 4.78 is 31.1. The second kappa shape index (κ2) is 10.5. The minimum Gasteiger partial charge on any atom is -0.493 e. The van der Waals surface area contributed by atoms with E-state index in [4.69, 9.17) is 14.9 Å². The lowest BCUT2D eigenvalue weighted by molar-refractivity contribution is 0.341. The summed E-state index contributed by atoms with van der Waals surface area (Å²) in [6.45, 7) is 8.27. The van der Waals surface area contributed by atoms with Gasteiger partial charge in [0, 0.05) is 5.92 Å². The zero-order chi connectivity index (χ0) is 24.2. The zero-order valence-electron chi connectivity index (χ0n) is 19.7. The monoisotopic (exact) mass is 475 g/mol. The number of sulfonamides is 1. The number of unbranched alkanes of at least 4 members (excludes halogenated alkanes) is 3. The summed E-state index contributed by atoms with van der Waals surface area (Å²) in [6.07, 6.45) is 6.44. The molecule has 0 aliphatic heterocycles. The van der Waals surface area contributed by atoms with Gasteiger partial charge in [0.25, 0.3) is 5.56 Å². The predicted molar refractivity (Wildman–Crippen MR) is 128 cm³/mol. The van der Waals surface area contributed by atoms with E-state index in [1.54, 1.807) is 11.4 Å². The highest BCUT2D eigenvalue weighted by atomic mass is 32.2. The molecule has 9 nitrogen and oxygen atoms in total. The zero-order valence-corrected chi connectivity index (χ0v) is 20.5. The van der Waals surface area contributed by atoms with Crippen molar-refractivity contribution >= 4 is 15.5 Å². The van der Waals surface area contributed by atoms with E-state index in [9.17, 15) is 13.2 Å². The fraction of sp³-hybridized carbons (Fsp3) is 0.522. The topological polar surface area (TPSA) is 132 Å². The summed E-state index contributed by atoms with van der Waals surface area (Å²) in [6, 6.07) is 4.26. The van der Waals surface area contributed by atoms with Crippen molar-refractivity contribution in [2.75, 3.05) is 6.61 Å². The number of hydrogen-bond donors (Lipinski definition) is 2. The third kappa shape index (κ3) is 5.44. The Labute approximate surface area is 194 Å². The van der Waals surface area contributed by atoms with Crippen LogP contribution in [0.2, 0.25) is 0 Å². The number of H-pyrrole nitrogens is 1. The molecule has 180 valence electrons. The third-order valence-electron chi connectivity index (χ3n) is 5.80. The average Bonchev–Trinajstić information content (AvgIpc) is 3.10. The van der Waals surface area contributed by atoms with E-state index in [0.29, 0.717) is 29.1 Å². The van der Waals surface area contributed by atoms with Gasteiger partial charge in [-0.1, -0.05) is 39.5 Å². The molecule has 1 aromatic carbocycles. The van der Waals surface area contributed by atoms with Crippen molar-refractivity contribution in [3.63, 3.8) is 0 Å². The standard InChI is InChI=1S/C23H33N5O4S/c1-5-8-9-10-11-16(6-2)22-25-15(4)20-23(29)26-21(27-28(20)22)18-14-17(33(24,30)31)12-13-19(18)32-7-3/h12-14,16H,5-11H2,1-4H3,(H2,24,30,31)(H,26,27,29). The smallest absolute Gasteiger partial charge is 0.277 e. The molecule has 2 heterocycles. The van der Waals surface area contributed by atoms with Gasteiger partial charge in [-0.3, -0.25) is 4.79 Å². The first-order valence-electron chi connectivity index (χ1n) is 11.5. The first kappa shape index (κ1) is 24.9. The molecule has 33 heavy (non-hydrogen) atoms. The molecule has 3 rings (SSSR count). The van der Waals surface area contributed by atoms with Crippen molar-refractivity contribution in [1.29, 1.82) is 0 Å². The van der Waals surface area contributed by atoms with Gasteiger partial charge in [-0.05, 0) is 44.9 Å². The highest BCUT2D eigenvalue weighted by molar-refractivity contribution is 7.89. The van der Waals surface area contributed by atoms with E-state index in [1.807, 2.05) is 6.92 Å². The number of fused-ring (bicyclic) bond motifs is 1. The number of nitrogens with one attached hydrogen (secondary N) is 1. The van der Waals surface area contributed by atoms with Gasteiger partial charge >= 0.3 is 0 Å². The van der Waals surface area contributed by atoms with Crippen LogP contribution in [0.1, 0.15) is 76.7 Å². The fourth-order valence-electron chi connectivity index (χ4n) is 4.06. The molecular weight excluding hydrogens is 442 g/mol. The molecule has 3 aromatic rings. The third-order valence-corrected chi connectivity index (χ3v) is 6.71. The first-order valence-corrected chi connectivity index (χ1v) is 13.0. The molecule has 1 atom stereocenters. The van der Waals surface area contributed by atoms with Gasteiger partial charge in [-0.25, -0.2) is 23.1 Å². The van der Waals surface area contributed by atoms with Crippen molar-refractivity contribution < 1.29 is 13.2 Å². The van der Waals surface area contributed by atoms with Crippen LogP contribution in [0, 0.1) is 6.92 Å². The van der Waals surface area contributed by atoms with E-state index >= 15 is 0 Å². The quantitative estimate of drug-likeness (QED) is 0.404. The number of aryl methyl sites for hydroxylation is 1. The molecule has 0 fully saturated rings. The van der Waals surface area contributed by atoms with Crippen LogP contribution in [0.15, 0.2) is 27.9 Å². The summed E-state index contributed by atoms with van der Waals surface area (Å²) in [5.74, 6) is 1.50. The van der Waals surface area contributed by atoms with Crippen LogP contribution < -0.4 is 15.4 Å². The number of rotatable bonds is 11. The maximum Gasteiger partial charge on any atom is 0.277 e. The van der Waals surface area contributed by atoms with Crippen molar-refractivity contribution in [2.45, 2.75) is 77.0 Å². The number of ether oxygens (including phenoxy) is 1. The summed E-state index contributed by atoms with van der Waals surface area (Å²) in [7, 11) is -3.95. The molecule has 0 radical (unpaired) electrons. The Morgan fingerprint density at radius 2 is 1.94 bits per heavy atom. The highest BCUT2D eigenvalue weighted by Gasteiger charge is 2.22. The lowest BCUT2D eigenvalue weighted by atomic mass is 9.97.